The molecule has 25 heavy (non-hydrogen) atoms. The highest BCUT2D eigenvalue weighted by Gasteiger charge is 2.38. The van der Waals surface area contributed by atoms with Gasteiger partial charge in [0.1, 0.15) is 5.75 Å². The Morgan fingerprint density at radius 1 is 1.16 bits per heavy atom. The molecule has 0 spiro atoms. The molecule has 0 saturated carbocycles. The van der Waals surface area contributed by atoms with E-state index in [0.29, 0.717) is 18.1 Å². The zero-order valence-corrected chi connectivity index (χ0v) is 15.2. The minimum atomic E-state index is -0.334. The number of β-amino-alcohol motifs (C(OH)–C–C–N with tert-alkyl or cyclic N) is 1. The highest BCUT2D eigenvalue weighted by atomic mass is 16.3. The van der Waals surface area contributed by atoms with E-state index in [1.54, 1.807) is 6.07 Å². The molecule has 1 fully saturated rings. The lowest BCUT2D eigenvalue weighted by molar-refractivity contribution is 0.0584. The van der Waals surface area contributed by atoms with Gasteiger partial charge in [0.2, 0.25) is 0 Å². The Morgan fingerprint density at radius 2 is 1.92 bits per heavy atom. The molecule has 134 valence electrons. The highest BCUT2D eigenvalue weighted by Crippen LogP contribution is 2.40. The fourth-order valence-corrected chi connectivity index (χ4v) is 4.02. The summed E-state index contributed by atoms with van der Waals surface area (Å²) in [6.07, 6.45) is 1.41. The van der Waals surface area contributed by atoms with Gasteiger partial charge in [0.15, 0.2) is 0 Å². The lowest BCUT2D eigenvalue weighted by atomic mass is 9.68. The van der Waals surface area contributed by atoms with Gasteiger partial charge in [-0.05, 0) is 54.0 Å². The predicted octanol–water partition coefficient (Wildman–Crippen LogP) is 3.60. The molecule has 3 rings (SSSR count). The molecule has 1 aliphatic rings. The first kappa shape index (κ1) is 18.0. The molecule has 2 aromatic rings. The number of phenolic OH excluding ortho intramolecular Hbond substituents is 1. The SMILES string of the molecule is C[C@H]1CN(CC(O)Cc2ccccc2)CC[C@@]1(C)c1cccc(O)c1. The Kier molecular flexibility index (Phi) is 5.45. The second-order valence-electron chi connectivity index (χ2n) is 7.72. The number of likely N-dealkylation sites (tertiary alicyclic amines) is 1. The molecule has 2 aromatic carbocycles. The predicted molar refractivity (Wildman–Crippen MR) is 102 cm³/mol. The summed E-state index contributed by atoms with van der Waals surface area (Å²) in [5.41, 5.74) is 2.47. The maximum absolute atomic E-state index is 10.4. The smallest absolute Gasteiger partial charge is 0.115 e. The maximum Gasteiger partial charge on any atom is 0.115 e. The zero-order chi connectivity index (χ0) is 17.9. The van der Waals surface area contributed by atoms with Crippen molar-refractivity contribution in [2.24, 2.45) is 5.92 Å². The molecular weight excluding hydrogens is 310 g/mol. The Hall–Kier alpha value is -1.84. The summed E-state index contributed by atoms with van der Waals surface area (Å²) in [4.78, 5) is 2.38. The number of aliphatic hydroxyl groups is 1. The van der Waals surface area contributed by atoms with Gasteiger partial charge < -0.3 is 15.1 Å². The first-order valence-electron chi connectivity index (χ1n) is 9.21. The van der Waals surface area contributed by atoms with Crippen molar-refractivity contribution in [2.75, 3.05) is 19.6 Å². The number of benzene rings is 2. The van der Waals surface area contributed by atoms with E-state index in [0.717, 1.165) is 26.1 Å². The number of nitrogens with zero attached hydrogens (tertiary/aromatic N) is 1. The third-order valence-corrected chi connectivity index (χ3v) is 5.86. The van der Waals surface area contributed by atoms with Gasteiger partial charge in [-0.3, -0.25) is 0 Å². The van der Waals surface area contributed by atoms with Gasteiger partial charge in [-0.25, -0.2) is 0 Å². The number of aliphatic hydroxyl groups excluding tert-OH is 1. The van der Waals surface area contributed by atoms with Crippen LogP contribution in [-0.4, -0.2) is 40.9 Å². The average molecular weight is 339 g/mol. The monoisotopic (exact) mass is 339 g/mol. The molecule has 0 bridgehead atoms. The topological polar surface area (TPSA) is 43.7 Å². The van der Waals surface area contributed by atoms with Crippen LogP contribution in [0.1, 0.15) is 31.4 Å². The number of hydrogen-bond donors (Lipinski definition) is 2. The zero-order valence-electron chi connectivity index (χ0n) is 15.2. The summed E-state index contributed by atoms with van der Waals surface area (Å²) in [6.45, 7) is 7.24. The number of piperidine rings is 1. The fourth-order valence-electron chi connectivity index (χ4n) is 4.02. The van der Waals surface area contributed by atoms with E-state index in [9.17, 15) is 10.2 Å². The molecular formula is C22H29NO2. The van der Waals surface area contributed by atoms with E-state index >= 15 is 0 Å². The molecule has 3 heteroatoms. The average Bonchev–Trinajstić information content (AvgIpc) is 2.59. The first-order chi connectivity index (χ1) is 12.0. The van der Waals surface area contributed by atoms with E-state index in [-0.39, 0.29) is 11.5 Å². The summed E-state index contributed by atoms with van der Waals surface area (Å²) in [5.74, 6) is 0.804. The summed E-state index contributed by atoms with van der Waals surface area (Å²) in [5, 5.41) is 20.3. The van der Waals surface area contributed by atoms with Crippen molar-refractivity contribution >= 4 is 0 Å². The van der Waals surface area contributed by atoms with Crippen LogP contribution in [0.5, 0.6) is 5.75 Å². The van der Waals surface area contributed by atoms with Crippen LogP contribution in [0.3, 0.4) is 0 Å². The second kappa shape index (κ2) is 7.59. The molecule has 1 saturated heterocycles. The van der Waals surface area contributed by atoms with Crippen LogP contribution < -0.4 is 0 Å². The van der Waals surface area contributed by atoms with Crippen LogP contribution in [0.25, 0.3) is 0 Å². The van der Waals surface area contributed by atoms with Crippen molar-refractivity contribution in [3.63, 3.8) is 0 Å². The number of aromatic hydroxyl groups is 1. The van der Waals surface area contributed by atoms with Crippen molar-refractivity contribution in [1.29, 1.82) is 0 Å². The van der Waals surface area contributed by atoms with Crippen molar-refractivity contribution in [1.82, 2.24) is 4.90 Å². The number of phenols is 1. The van der Waals surface area contributed by atoms with E-state index < -0.39 is 0 Å². The Morgan fingerprint density at radius 3 is 2.60 bits per heavy atom. The Labute approximate surface area is 150 Å². The summed E-state index contributed by atoms with van der Waals surface area (Å²) in [6, 6.07) is 17.9. The summed E-state index contributed by atoms with van der Waals surface area (Å²) in [7, 11) is 0. The third kappa shape index (κ3) is 4.23. The minimum Gasteiger partial charge on any atom is -0.508 e. The quantitative estimate of drug-likeness (QED) is 0.875. The highest BCUT2D eigenvalue weighted by molar-refractivity contribution is 5.33. The molecule has 3 atom stereocenters. The largest absolute Gasteiger partial charge is 0.508 e. The first-order valence-corrected chi connectivity index (χ1v) is 9.21. The number of hydrogen-bond acceptors (Lipinski definition) is 3. The fraction of sp³-hybridized carbons (Fsp3) is 0.455. The Balaban J connectivity index is 1.60. The molecule has 0 aromatic heterocycles. The van der Waals surface area contributed by atoms with Crippen molar-refractivity contribution < 1.29 is 10.2 Å². The minimum absolute atomic E-state index is 0.0691. The van der Waals surface area contributed by atoms with Crippen LogP contribution >= 0.6 is 0 Å². The number of rotatable bonds is 5. The van der Waals surface area contributed by atoms with Gasteiger partial charge in [-0.15, -0.1) is 0 Å². The molecule has 1 aliphatic heterocycles. The van der Waals surface area contributed by atoms with E-state index in [1.807, 2.05) is 30.3 Å². The Bertz CT molecular complexity index is 687. The van der Waals surface area contributed by atoms with Crippen LogP contribution in [0.15, 0.2) is 54.6 Å². The van der Waals surface area contributed by atoms with E-state index in [1.165, 1.54) is 11.1 Å². The van der Waals surface area contributed by atoms with E-state index in [4.69, 9.17) is 0 Å². The maximum atomic E-state index is 10.4. The van der Waals surface area contributed by atoms with Gasteiger partial charge in [0, 0.05) is 13.1 Å². The van der Waals surface area contributed by atoms with Gasteiger partial charge in [-0.2, -0.15) is 0 Å². The van der Waals surface area contributed by atoms with Crippen LogP contribution in [0.4, 0.5) is 0 Å². The molecule has 1 heterocycles. The lowest BCUT2D eigenvalue weighted by Crippen LogP contribution is -2.49. The molecule has 0 amide bonds. The van der Waals surface area contributed by atoms with Crippen molar-refractivity contribution in [2.45, 2.75) is 38.2 Å². The van der Waals surface area contributed by atoms with E-state index in [2.05, 4.69) is 36.9 Å². The standard InChI is InChI=1S/C22H29NO2/c1-17-15-23(16-21(25)13-18-7-4-3-5-8-18)12-11-22(17,2)19-9-6-10-20(24)14-19/h3-10,14,17,21,24-25H,11-13,15-16H2,1-2H3/t17-,21?,22+/m0/s1. The van der Waals surface area contributed by atoms with Gasteiger partial charge in [0.25, 0.3) is 0 Å². The summed E-state index contributed by atoms with van der Waals surface area (Å²) >= 11 is 0. The van der Waals surface area contributed by atoms with Crippen LogP contribution in [0, 0.1) is 5.92 Å². The molecule has 3 nitrogen and oxygen atoms in total. The molecule has 0 aliphatic carbocycles. The van der Waals surface area contributed by atoms with Crippen molar-refractivity contribution in [3.05, 3.63) is 65.7 Å². The lowest BCUT2D eigenvalue weighted by Gasteiger charge is -2.45. The van der Waals surface area contributed by atoms with Crippen LogP contribution in [0.2, 0.25) is 0 Å². The molecule has 1 unspecified atom stereocenters. The molecule has 0 radical (unpaired) electrons. The van der Waals surface area contributed by atoms with Gasteiger partial charge in [0.05, 0.1) is 6.10 Å². The second-order valence-corrected chi connectivity index (χ2v) is 7.72. The summed E-state index contributed by atoms with van der Waals surface area (Å²) < 4.78 is 0. The molecule has 2 N–H and O–H groups in total. The van der Waals surface area contributed by atoms with Gasteiger partial charge >= 0.3 is 0 Å². The third-order valence-electron chi connectivity index (χ3n) is 5.86. The van der Waals surface area contributed by atoms with Crippen molar-refractivity contribution in [3.8, 4) is 5.75 Å². The normalized spacial score (nSPS) is 25.6. The van der Waals surface area contributed by atoms with Crippen LogP contribution in [-0.2, 0) is 11.8 Å². The van der Waals surface area contributed by atoms with Gasteiger partial charge in [-0.1, -0.05) is 56.3 Å².